The molecule has 0 radical (unpaired) electrons. The summed E-state index contributed by atoms with van der Waals surface area (Å²) in [5, 5.41) is 0.0691. The molecule has 0 aromatic heterocycles. The van der Waals surface area contributed by atoms with E-state index in [1.807, 2.05) is 6.92 Å². The molecule has 3 rings (SSSR count). The molecular weight excluding hydrogens is 489 g/mol. The molecule has 0 heterocycles. The molecule has 0 saturated carbocycles. The van der Waals surface area contributed by atoms with E-state index in [-0.39, 0.29) is 10.9 Å². The number of halogens is 6. The minimum Gasteiger partial charge on any atom is -0.288 e. The summed E-state index contributed by atoms with van der Waals surface area (Å²) in [6.45, 7) is 6.86. The Hall–Kier alpha value is -2.99. The second-order valence-electron chi connectivity index (χ2n) is 8.14. The van der Waals surface area contributed by atoms with Gasteiger partial charge in [-0.2, -0.15) is 26.3 Å². The highest BCUT2D eigenvalue weighted by Crippen LogP contribution is 2.49. The van der Waals surface area contributed by atoms with E-state index in [1.165, 1.54) is 24.3 Å². The molecule has 3 aromatic carbocycles. The van der Waals surface area contributed by atoms with Gasteiger partial charge in [-0.1, -0.05) is 42.5 Å². The van der Waals surface area contributed by atoms with Gasteiger partial charge in [0.25, 0.3) is 0 Å². The standard InChI is InChI=1S/C26H21F6O2P/c1-14-13-15(2)21(17(4)16(14)3)23(33)35(18-9-6-5-7-10-18)24(34)22-19(25(27,28)29)11-8-12-20(22)26(30,31)32/h5-13H,1-4H3. The topological polar surface area (TPSA) is 34.1 Å². The molecule has 0 bridgehead atoms. The van der Waals surface area contributed by atoms with Crippen LogP contribution in [-0.2, 0) is 12.4 Å². The fourth-order valence-corrected chi connectivity index (χ4v) is 6.15. The van der Waals surface area contributed by atoms with Crippen LogP contribution in [-0.4, -0.2) is 11.0 Å². The Morgan fingerprint density at radius 2 is 1.11 bits per heavy atom. The number of carbonyl (C=O) groups excluding carboxylic acids is 2. The molecule has 1 unspecified atom stereocenters. The monoisotopic (exact) mass is 510 g/mol. The molecule has 0 N–H and O–H groups in total. The number of hydrogen-bond acceptors (Lipinski definition) is 2. The lowest BCUT2D eigenvalue weighted by Gasteiger charge is -2.23. The van der Waals surface area contributed by atoms with Gasteiger partial charge in [0.15, 0.2) is 11.0 Å². The van der Waals surface area contributed by atoms with Crippen molar-refractivity contribution < 1.29 is 35.9 Å². The molecule has 0 spiro atoms. The number of rotatable bonds is 5. The van der Waals surface area contributed by atoms with Gasteiger partial charge in [0.1, 0.15) is 0 Å². The van der Waals surface area contributed by atoms with Crippen LogP contribution in [0.2, 0.25) is 0 Å². The van der Waals surface area contributed by atoms with Gasteiger partial charge in [0.2, 0.25) is 0 Å². The lowest BCUT2D eigenvalue weighted by atomic mass is 9.95. The van der Waals surface area contributed by atoms with Crippen LogP contribution >= 0.6 is 7.92 Å². The molecule has 184 valence electrons. The summed E-state index contributed by atoms with van der Waals surface area (Å²) in [7, 11) is -2.79. The van der Waals surface area contributed by atoms with Crippen molar-refractivity contribution in [3.05, 3.63) is 99.1 Å². The van der Waals surface area contributed by atoms with Gasteiger partial charge in [-0.25, -0.2) is 0 Å². The highest BCUT2D eigenvalue weighted by molar-refractivity contribution is 7.96. The molecule has 35 heavy (non-hydrogen) atoms. The molecule has 9 heteroatoms. The first-order valence-corrected chi connectivity index (χ1v) is 11.8. The lowest BCUT2D eigenvalue weighted by molar-refractivity contribution is -0.143. The van der Waals surface area contributed by atoms with Gasteiger partial charge in [-0.3, -0.25) is 9.59 Å². The van der Waals surface area contributed by atoms with Crippen LogP contribution < -0.4 is 5.30 Å². The molecule has 3 aromatic rings. The van der Waals surface area contributed by atoms with Gasteiger partial charge in [-0.15, -0.1) is 0 Å². The van der Waals surface area contributed by atoms with E-state index < -0.39 is 48.0 Å². The predicted molar refractivity (Wildman–Crippen MR) is 123 cm³/mol. The fourth-order valence-electron chi connectivity index (χ4n) is 4.00. The summed E-state index contributed by atoms with van der Waals surface area (Å²) in [5.41, 5.74) is -4.48. The van der Waals surface area contributed by atoms with E-state index in [9.17, 15) is 35.9 Å². The highest BCUT2D eigenvalue weighted by atomic mass is 31.1. The quantitative estimate of drug-likeness (QED) is 0.260. The minimum atomic E-state index is -5.24. The van der Waals surface area contributed by atoms with E-state index in [1.54, 1.807) is 32.9 Å². The minimum absolute atomic E-state index is 0.0691. The molecule has 0 aliphatic rings. The number of alkyl halides is 6. The van der Waals surface area contributed by atoms with E-state index in [0.29, 0.717) is 29.3 Å². The number of aryl methyl sites for hydroxylation is 2. The zero-order valence-corrected chi connectivity index (χ0v) is 20.1. The largest absolute Gasteiger partial charge is 0.417 e. The maximum absolute atomic E-state index is 13.8. The van der Waals surface area contributed by atoms with Crippen LogP contribution in [0, 0.1) is 27.7 Å². The summed E-state index contributed by atoms with van der Waals surface area (Å²) >= 11 is 0. The second-order valence-corrected chi connectivity index (χ2v) is 10.1. The van der Waals surface area contributed by atoms with Gasteiger partial charge in [0.05, 0.1) is 19.0 Å². The summed E-state index contributed by atoms with van der Waals surface area (Å²) < 4.78 is 82.8. The number of benzene rings is 3. The Bertz CT molecular complexity index is 1260. The van der Waals surface area contributed by atoms with Crippen molar-refractivity contribution in [2.75, 3.05) is 0 Å². The number of hydrogen-bond donors (Lipinski definition) is 0. The van der Waals surface area contributed by atoms with Crippen LogP contribution in [0.5, 0.6) is 0 Å². The molecule has 2 nitrogen and oxygen atoms in total. The van der Waals surface area contributed by atoms with Crippen LogP contribution in [0.4, 0.5) is 26.3 Å². The van der Waals surface area contributed by atoms with Crippen LogP contribution in [0.1, 0.15) is 54.1 Å². The Balaban J connectivity index is 2.35. The molecule has 0 saturated heterocycles. The van der Waals surface area contributed by atoms with Crippen molar-refractivity contribution >= 4 is 24.3 Å². The maximum atomic E-state index is 13.8. The predicted octanol–water partition coefficient (Wildman–Crippen LogP) is 7.75. The Kier molecular flexibility index (Phi) is 7.28. The van der Waals surface area contributed by atoms with Gasteiger partial charge in [-0.05, 0) is 67.4 Å². The van der Waals surface area contributed by atoms with E-state index in [2.05, 4.69) is 0 Å². The molecular formula is C26H21F6O2P. The number of carbonyl (C=O) groups is 2. The van der Waals surface area contributed by atoms with Gasteiger partial charge < -0.3 is 0 Å². The third-order valence-electron chi connectivity index (χ3n) is 5.88. The van der Waals surface area contributed by atoms with Crippen molar-refractivity contribution in [3.63, 3.8) is 0 Å². The zero-order chi connectivity index (χ0) is 26.3. The first-order valence-electron chi connectivity index (χ1n) is 10.4. The van der Waals surface area contributed by atoms with Crippen LogP contribution in [0.3, 0.4) is 0 Å². The maximum Gasteiger partial charge on any atom is 0.417 e. The van der Waals surface area contributed by atoms with Crippen molar-refractivity contribution in [2.24, 2.45) is 0 Å². The molecule has 0 amide bonds. The summed E-state index contributed by atoms with van der Waals surface area (Å²) in [5.74, 6) is 0. The van der Waals surface area contributed by atoms with E-state index >= 15 is 0 Å². The Labute approximate surface area is 199 Å². The summed E-state index contributed by atoms with van der Waals surface area (Å²) in [4.78, 5) is 27.5. The Morgan fingerprint density at radius 1 is 0.629 bits per heavy atom. The Morgan fingerprint density at radius 3 is 1.60 bits per heavy atom. The second kappa shape index (κ2) is 9.57. The highest BCUT2D eigenvalue weighted by Gasteiger charge is 2.45. The average molecular weight is 510 g/mol. The molecule has 0 aliphatic carbocycles. The van der Waals surface area contributed by atoms with Crippen molar-refractivity contribution in [1.82, 2.24) is 0 Å². The SMILES string of the molecule is Cc1cc(C)c(C(=O)P(C(=O)c2c(C(F)(F)F)cccc2C(F)(F)F)c2ccccc2)c(C)c1C. The van der Waals surface area contributed by atoms with E-state index in [0.717, 1.165) is 11.1 Å². The summed E-state index contributed by atoms with van der Waals surface area (Å²) in [6.07, 6.45) is -10.5. The van der Waals surface area contributed by atoms with Crippen LogP contribution in [0.15, 0.2) is 54.6 Å². The third kappa shape index (κ3) is 5.18. The lowest BCUT2D eigenvalue weighted by Crippen LogP contribution is -2.24. The van der Waals surface area contributed by atoms with Crippen LogP contribution in [0.25, 0.3) is 0 Å². The third-order valence-corrected chi connectivity index (χ3v) is 7.95. The molecule has 0 fully saturated rings. The van der Waals surface area contributed by atoms with Crippen molar-refractivity contribution in [1.29, 1.82) is 0 Å². The normalized spacial score (nSPS) is 13.0. The fraction of sp³-hybridized carbons (Fsp3) is 0.231. The molecule has 0 aliphatic heterocycles. The first kappa shape index (κ1) is 26.6. The van der Waals surface area contributed by atoms with Gasteiger partial charge >= 0.3 is 12.4 Å². The zero-order valence-electron chi connectivity index (χ0n) is 19.2. The smallest absolute Gasteiger partial charge is 0.288 e. The van der Waals surface area contributed by atoms with Gasteiger partial charge in [0, 0.05) is 11.1 Å². The first-order chi connectivity index (χ1) is 16.2. The summed E-state index contributed by atoms with van der Waals surface area (Å²) in [6, 6.07) is 10.4. The van der Waals surface area contributed by atoms with Crippen molar-refractivity contribution in [3.8, 4) is 0 Å². The molecule has 1 atom stereocenters. The average Bonchev–Trinajstić information content (AvgIpc) is 2.76. The van der Waals surface area contributed by atoms with E-state index in [4.69, 9.17) is 0 Å². The van der Waals surface area contributed by atoms with Crippen molar-refractivity contribution in [2.45, 2.75) is 40.0 Å².